The van der Waals surface area contributed by atoms with E-state index < -0.39 is 23.4 Å². The van der Waals surface area contributed by atoms with E-state index in [4.69, 9.17) is 9.47 Å². The Balaban J connectivity index is 1.30. The standard InChI is InChI=1S/C31H38F2O3/c1-3-5-21-6-8-22(9-7-21)23-10-12-24(13-11-23)25-14-16-26(17-15-25)31(34)36-28-19-18-27(35-20-4-2)29(32)30(28)33/h4,14-24H,3,5-13H2,1-2H3/b20-4+. The highest BCUT2D eigenvalue weighted by molar-refractivity contribution is 5.91. The first-order valence-electron chi connectivity index (χ1n) is 13.6. The van der Waals surface area contributed by atoms with Gasteiger partial charge in [-0.3, -0.25) is 0 Å². The zero-order valence-electron chi connectivity index (χ0n) is 21.5. The van der Waals surface area contributed by atoms with Gasteiger partial charge in [-0.2, -0.15) is 8.78 Å². The van der Waals surface area contributed by atoms with Crippen LogP contribution in [0, 0.1) is 29.4 Å². The van der Waals surface area contributed by atoms with Crippen LogP contribution >= 0.6 is 0 Å². The number of halogens is 2. The maximum Gasteiger partial charge on any atom is 0.343 e. The summed E-state index contributed by atoms with van der Waals surface area (Å²) < 4.78 is 38.6. The lowest BCUT2D eigenvalue weighted by molar-refractivity contribution is 0.0726. The molecule has 2 saturated carbocycles. The second-order valence-corrected chi connectivity index (χ2v) is 10.5. The van der Waals surface area contributed by atoms with Crippen LogP contribution in [0.2, 0.25) is 0 Å². The highest BCUT2D eigenvalue weighted by Gasteiger charge is 2.31. The lowest BCUT2D eigenvalue weighted by atomic mass is 9.68. The summed E-state index contributed by atoms with van der Waals surface area (Å²) in [5, 5.41) is 0. The van der Waals surface area contributed by atoms with Gasteiger partial charge in [-0.15, -0.1) is 0 Å². The molecule has 2 aromatic carbocycles. The molecular weight excluding hydrogens is 458 g/mol. The zero-order chi connectivity index (χ0) is 25.5. The van der Waals surface area contributed by atoms with Crippen LogP contribution in [0.25, 0.3) is 0 Å². The molecule has 0 radical (unpaired) electrons. The Morgan fingerprint density at radius 3 is 2.06 bits per heavy atom. The number of rotatable bonds is 8. The molecule has 2 aromatic rings. The number of allylic oxidation sites excluding steroid dienone is 1. The van der Waals surface area contributed by atoms with Crippen molar-refractivity contribution in [3.63, 3.8) is 0 Å². The Morgan fingerprint density at radius 2 is 1.44 bits per heavy atom. The van der Waals surface area contributed by atoms with Crippen LogP contribution < -0.4 is 9.47 Å². The number of esters is 1. The lowest BCUT2D eigenvalue weighted by Gasteiger charge is -2.38. The summed E-state index contributed by atoms with van der Waals surface area (Å²) >= 11 is 0. The van der Waals surface area contributed by atoms with Gasteiger partial charge in [0.15, 0.2) is 11.5 Å². The predicted molar refractivity (Wildman–Crippen MR) is 138 cm³/mol. The Labute approximate surface area is 213 Å². The molecular formula is C31H38F2O3. The summed E-state index contributed by atoms with van der Waals surface area (Å²) in [5.41, 5.74) is 1.55. The molecule has 0 heterocycles. The third-order valence-electron chi connectivity index (χ3n) is 8.19. The third-order valence-corrected chi connectivity index (χ3v) is 8.19. The maximum atomic E-state index is 14.3. The summed E-state index contributed by atoms with van der Waals surface area (Å²) in [6.45, 7) is 3.99. The Morgan fingerprint density at radius 1 is 0.861 bits per heavy atom. The molecule has 4 rings (SSSR count). The second kappa shape index (κ2) is 12.5. The minimum absolute atomic E-state index is 0.270. The van der Waals surface area contributed by atoms with E-state index in [1.807, 2.05) is 12.1 Å². The normalized spacial score (nSPS) is 24.6. The van der Waals surface area contributed by atoms with Crippen molar-refractivity contribution in [1.82, 2.24) is 0 Å². The van der Waals surface area contributed by atoms with Gasteiger partial charge in [0.1, 0.15) is 0 Å². The fourth-order valence-corrected chi connectivity index (χ4v) is 6.16. The van der Waals surface area contributed by atoms with Crippen LogP contribution in [0.1, 0.15) is 99.9 Å². The average Bonchev–Trinajstić information content (AvgIpc) is 2.92. The number of hydrogen-bond donors (Lipinski definition) is 0. The lowest BCUT2D eigenvalue weighted by Crippen LogP contribution is -2.25. The van der Waals surface area contributed by atoms with Gasteiger partial charge < -0.3 is 9.47 Å². The molecule has 0 atom stereocenters. The molecule has 5 heteroatoms. The summed E-state index contributed by atoms with van der Waals surface area (Å²) in [6, 6.07) is 9.81. The summed E-state index contributed by atoms with van der Waals surface area (Å²) in [7, 11) is 0. The van der Waals surface area contributed by atoms with Crippen molar-refractivity contribution in [3.8, 4) is 11.5 Å². The first-order chi connectivity index (χ1) is 17.5. The summed E-state index contributed by atoms with van der Waals surface area (Å²) in [6.07, 6.45) is 16.1. The fourth-order valence-electron chi connectivity index (χ4n) is 6.16. The third kappa shape index (κ3) is 6.35. The molecule has 0 N–H and O–H groups in total. The van der Waals surface area contributed by atoms with Gasteiger partial charge in [-0.1, -0.05) is 50.8 Å². The number of carbonyl (C=O) groups is 1. The maximum absolute atomic E-state index is 14.3. The molecule has 0 amide bonds. The second-order valence-electron chi connectivity index (χ2n) is 10.5. The van der Waals surface area contributed by atoms with Gasteiger partial charge in [0.05, 0.1) is 11.8 Å². The highest BCUT2D eigenvalue weighted by atomic mass is 19.2. The number of benzene rings is 2. The van der Waals surface area contributed by atoms with Gasteiger partial charge in [0.25, 0.3) is 0 Å². The van der Waals surface area contributed by atoms with Crippen molar-refractivity contribution in [1.29, 1.82) is 0 Å². The number of carbonyl (C=O) groups excluding carboxylic acids is 1. The van der Waals surface area contributed by atoms with E-state index in [1.165, 1.54) is 88.2 Å². The molecule has 194 valence electrons. The van der Waals surface area contributed by atoms with Crippen molar-refractivity contribution in [2.75, 3.05) is 0 Å². The van der Waals surface area contributed by atoms with Gasteiger partial charge in [0.2, 0.25) is 11.6 Å². The monoisotopic (exact) mass is 496 g/mol. The largest absolute Gasteiger partial charge is 0.462 e. The van der Waals surface area contributed by atoms with Gasteiger partial charge in [-0.25, -0.2) is 4.79 Å². The van der Waals surface area contributed by atoms with Gasteiger partial charge >= 0.3 is 5.97 Å². The van der Waals surface area contributed by atoms with Gasteiger partial charge in [0, 0.05) is 0 Å². The molecule has 36 heavy (non-hydrogen) atoms. The predicted octanol–water partition coefficient (Wildman–Crippen LogP) is 8.98. The SMILES string of the molecule is C/C=C/Oc1ccc(OC(=O)c2ccc(C3CCC(C4CCC(CCC)CC4)CC3)cc2)c(F)c1F. The molecule has 0 aromatic heterocycles. The molecule has 0 aliphatic heterocycles. The van der Waals surface area contributed by atoms with Crippen LogP contribution in [0.5, 0.6) is 11.5 Å². The molecule has 0 bridgehead atoms. The van der Waals surface area contributed by atoms with E-state index in [-0.39, 0.29) is 5.75 Å². The zero-order valence-corrected chi connectivity index (χ0v) is 21.5. The van der Waals surface area contributed by atoms with Gasteiger partial charge in [-0.05, 0) is 98.9 Å². The Hall–Kier alpha value is -2.69. The van der Waals surface area contributed by atoms with Crippen LogP contribution in [-0.2, 0) is 0 Å². The Bertz CT molecular complexity index is 1030. The topological polar surface area (TPSA) is 35.5 Å². The average molecular weight is 497 g/mol. The molecule has 0 saturated heterocycles. The van der Waals surface area contributed by atoms with E-state index in [2.05, 4.69) is 6.92 Å². The van der Waals surface area contributed by atoms with Crippen LogP contribution in [0.15, 0.2) is 48.7 Å². The van der Waals surface area contributed by atoms with Crippen LogP contribution in [0.3, 0.4) is 0 Å². The smallest absolute Gasteiger partial charge is 0.343 e. The Kier molecular flexibility index (Phi) is 9.17. The summed E-state index contributed by atoms with van der Waals surface area (Å²) in [4.78, 5) is 12.6. The van der Waals surface area contributed by atoms with E-state index >= 15 is 0 Å². The van der Waals surface area contributed by atoms with Crippen molar-refractivity contribution >= 4 is 5.97 Å². The fraction of sp³-hybridized carbons (Fsp3) is 0.516. The minimum Gasteiger partial charge on any atom is -0.462 e. The van der Waals surface area contributed by atoms with E-state index in [9.17, 15) is 13.6 Å². The molecule has 2 fully saturated rings. The molecule has 0 spiro atoms. The molecule has 2 aliphatic carbocycles. The highest BCUT2D eigenvalue weighted by Crippen LogP contribution is 2.44. The van der Waals surface area contributed by atoms with Crippen molar-refractivity contribution in [3.05, 3.63) is 71.5 Å². The van der Waals surface area contributed by atoms with E-state index in [0.29, 0.717) is 11.5 Å². The number of ether oxygens (including phenoxy) is 2. The molecule has 3 nitrogen and oxygen atoms in total. The van der Waals surface area contributed by atoms with Crippen LogP contribution in [0.4, 0.5) is 8.78 Å². The first-order valence-corrected chi connectivity index (χ1v) is 13.6. The van der Waals surface area contributed by atoms with Crippen molar-refractivity contribution in [2.24, 2.45) is 17.8 Å². The minimum atomic E-state index is -1.25. The first kappa shape index (κ1) is 26.4. The molecule has 0 unspecified atom stereocenters. The van der Waals surface area contributed by atoms with E-state index in [1.54, 1.807) is 25.1 Å². The number of hydrogen-bond acceptors (Lipinski definition) is 3. The van der Waals surface area contributed by atoms with Crippen LogP contribution in [-0.4, -0.2) is 5.97 Å². The van der Waals surface area contributed by atoms with E-state index in [0.717, 1.165) is 17.8 Å². The van der Waals surface area contributed by atoms with Crippen molar-refractivity contribution in [2.45, 2.75) is 84.0 Å². The summed E-state index contributed by atoms with van der Waals surface area (Å²) in [5.74, 6) is -0.655. The van der Waals surface area contributed by atoms with Crippen molar-refractivity contribution < 1.29 is 23.0 Å². The quantitative estimate of drug-likeness (QED) is 0.208. The molecule has 2 aliphatic rings.